The van der Waals surface area contributed by atoms with E-state index in [9.17, 15) is 4.79 Å². The lowest BCUT2D eigenvalue weighted by Gasteiger charge is -2.22. The minimum atomic E-state index is 0.0629. The molecule has 2 N–H and O–H groups in total. The first-order valence-electron chi connectivity index (χ1n) is 9.02. The zero-order valence-electron chi connectivity index (χ0n) is 14.3. The molecule has 0 spiro atoms. The molecule has 2 aliphatic rings. The summed E-state index contributed by atoms with van der Waals surface area (Å²) in [6, 6.07) is 7.47. The van der Waals surface area contributed by atoms with Crippen molar-refractivity contribution in [3.05, 3.63) is 29.1 Å². The van der Waals surface area contributed by atoms with Crippen LogP contribution in [0.4, 0.5) is 5.69 Å². The number of fused-ring (bicyclic) bond motifs is 3. The van der Waals surface area contributed by atoms with Crippen LogP contribution < -0.4 is 15.5 Å². The lowest BCUT2D eigenvalue weighted by Crippen LogP contribution is -2.42. The summed E-state index contributed by atoms with van der Waals surface area (Å²) in [7, 11) is 0. The summed E-state index contributed by atoms with van der Waals surface area (Å²) in [6.07, 6.45) is 3.51. The highest BCUT2D eigenvalue weighted by Gasteiger charge is 2.39. The zero-order chi connectivity index (χ0) is 16.7. The van der Waals surface area contributed by atoms with Gasteiger partial charge in [-0.1, -0.05) is 0 Å². The van der Waals surface area contributed by atoms with E-state index in [1.807, 2.05) is 6.07 Å². The summed E-state index contributed by atoms with van der Waals surface area (Å²) < 4.78 is 1.25. The second kappa shape index (κ2) is 6.37. The Kier molecular flexibility index (Phi) is 4.22. The number of hydrogen-bond acceptors (Lipinski definition) is 4. The number of thiophene rings is 1. The van der Waals surface area contributed by atoms with E-state index >= 15 is 0 Å². The van der Waals surface area contributed by atoms with Gasteiger partial charge in [0.05, 0.1) is 5.69 Å². The number of benzene rings is 1. The number of nitrogens with zero attached hydrogens (tertiary/aromatic N) is 1. The van der Waals surface area contributed by atoms with Crippen LogP contribution in [0.15, 0.2) is 23.6 Å². The SMILES string of the molecule is CCN(CC)c1csc2ccc(C(=O)N[C@@H]3C[C@H]4CC[C@@H]3N4)cc12. The third-order valence-electron chi connectivity index (χ3n) is 5.54. The fourth-order valence-corrected chi connectivity index (χ4v) is 5.15. The van der Waals surface area contributed by atoms with E-state index < -0.39 is 0 Å². The number of carbonyl (C=O) groups is 1. The van der Waals surface area contributed by atoms with Crippen LogP contribution in [0.2, 0.25) is 0 Å². The van der Waals surface area contributed by atoms with Gasteiger partial charge in [0.2, 0.25) is 0 Å². The van der Waals surface area contributed by atoms with E-state index in [1.165, 1.54) is 28.6 Å². The van der Waals surface area contributed by atoms with E-state index in [2.05, 4.69) is 46.9 Å². The maximum Gasteiger partial charge on any atom is 0.251 e. The lowest BCUT2D eigenvalue weighted by atomic mass is 9.95. The predicted octanol–water partition coefficient (Wildman–Crippen LogP) is 3.37. The van der Waals surface area contributed by atoms with Crippen molar-refractivity contribution in [3.63, 3.8) is 0 Å². The molecule has 2 fully saturated rings. The largest absolute Gasteiger partial charge is 0.371 e. The van der Waals surface area contributed by atoms with Crippen molar-refractivity contribution in [2.75, 3.05) is 18.0 Å². The first-order valence-corrected chi connectivity index (χ1v) is 9.90. The van der Waals surface area contributed by atoms with Crippen LogP contribution in [0, 0.1) is 0 Å². The molecule has 3 heterocycles. The van der Waals surface area contributed by atoms with Crippen molar-refractivity contribution in [1.29, 1.82) is 0 Å². The number of nitrogens with one attached hydrogen (secondary N) is 2. The van der Waals surface area contributed by atoms with Crippen LogP contribution in [0.1, 0.15) is 43.5 Å². The molecule has 2 bridgehead atoms. The Hall–Kier alpha value is -1.59. The minimum Gasteiger partial charge on any atom is -0.371 e. The Morgan fingerprint density at radius 3 is 2.83 bits per heavy atom. The van der Waals surface area contributed by atoms with Gasteiger partial charge < -0.3 is 15.5 Å². The number of anilines is 1. The maximum atomic E-state index is 12.7. The van der Waals surface area contributed by atoms with Gasteiger partial charge in [-0.05, 0) is 51.3 Å². The maximum absolute atomic E-state index is 12.7. The summed E-state index contributed by atoms with van der Waals surface area (Å²) in [4.78, 5) is 15.1. The molecule has 4 nitrogen and oxygen atoms in total. The second-order valence-electron chi connectivity index (χ2n) is 6.87. The van der Waals surface area contributed by atoms with Crippen LogP contribution in [-0.4, -0.2) is 37.1 Å². The van der Waals surface area contributed by atoms with Gasteiger partial charge in [-0.3, -0.25) is 4.79 Å². The molecule has 3 atom stereocenters. The molecule has 5 heteroatoms. The minimum absolute atomic E-state index is 0.0629. The van der Waals surface area contributed by atoms with Crippen LogP contribution >= 0.6 is 11.3 Å². The molecule has 2 saturated heterocycles. The van der Waals surface area contributed by atoms with Crippen molar-refractivity contribution in [3.8, 4) is 0 Å². The van der Waals surface area contributed by atoms with Crippen LogP contribution in [0.3, 0.4) is 0 Å². The summed E-state index contributed by atoms with van der Waals surface area (Å²) >= 11 is 1.75. The average Bonchev–Trinajstić information content (AvgIpc) is 3.31. The second-order valence-corrected chi connectivity index (χ2v) is 7.78. The number of amides is 1. The quantitative estimate of drug-likeness (QED) is 0.875. The Morgan fingerprint density at radius 2 is 2.17 bits per heavy atom. The monoisotopic (exact) mass is 343 g/mol. The van der Waals surface area contributed by atoms with Gasteiger partial charge in [-0.2, -0.15) is 0 Å². The highest BCUT2D eigenvalue weighted by atomic mass is 32.1. The molecule has 4 rings (SSSR count). The number of rotatable bonds is 5. The van der Waals surface area contributed by atoms with Crippen molar-refractivity contribution >= 4 is 33.0 Å². The van der Waals surface area contributed by atoms with Crippen molar-refractivity contribution < 1.29 is 4.79 Å². The Labute approximate surface area is 147 Å². The Morgan fingerprint density at radius 1 is 1.33 bits per heavy atom. The predicted molar refractivity (Wildman–Crippen MR) is 101 cm³/mol. The molecule has 1 amide bonds. The lowest BCUT2D eigenvalue weighted by molar-refractivity contribution is 0.0931. The topological polar surface area (TPSA) is 44.4 Å². The molecule has 0 unspecified atom stereocenters. The summed E-state index contributed by atoms with van der Waals surface area (Å²) in [5.41, 5.74) is 2.02. The van der Waals surface area contributed by atoms with Gasteiger partial charge >= 0.3 is 0 Å². The molecule has 2 aromatic rings. The molecular weight excluding hydrogens is 318 g/mol. The average molecular weight is 343 g/mol. The van der Waals surface area contributed by atoms with E-state index in [0.29, 0.717) is 12.1 Å². The third kappa shape index (κ3) is 2.70. The fraction of sp³-hybridized carbons (Fsp3) is 0.526. The van der Waals surface area contributed by atoms with Crippen LogP contribution in [-0.2, 0) is 0 Å². The highest BCUT2D eigenvalue weighted by Crippen LogP contribution is 2.34. The highest BCUT2D eigenvalue weighted by molar-refractivity contribution is 7.17. The van der Waals surface area contributed by atoms with Crippen molar-refractivity contribution in [1.82, 2.24) is 10.6 Å². The first-order chi connectivity index (χ1) is 11.7. The van der Waals surface area contributed by atoms with Gasteiger partial charge in [0.25, 0.3) is 5.91 Å². The van der Waals surface area contributed by atoms with E-state index in [4.69, 9.17) is 0 Å². The smallest absolute Gasteiger partial charge is 0.251 e. The Bertz CT molecular complexity index is 752. The van der Waals surface area contributed by atoms with Gasteiger partial charge in [0.15, 0.2) is 0 Å². The molecule has 0 aliphatic carbocycles. The van der Waals surface area contributed by atoms with E-state index in [0.717, 1.165) is 25.1 Å². The van der Waals surface area contributed by atoms with Gasteiger partial charge in [-0.15, -0.1) is 11.3 Å². The molecule has 1 aromatic heterocycles. The first kappa shape index (κ1) is 15.9. The normalized spacial score (nSPS) is 25.3. The number of carbonyl (C=O) groups excluding carboxylic acids is 1. The molecule has 1 aromatic carbocycles. The molecule has 2 aliphatic heterocycles. The van der Waals surface area contributed by atoms with Gasteiger partial charge in [0.1, 0.15) is 0 Å². The molecule has 128 valence electrons. The Balaban J connectivity index is 1.57. The fourth-order valence-electron chi connectivity index (χ4n) is 4.20. The standard InChI is InChI=1S/C19H25N3OS/c1-3-22(4-2)17-11-24-18-8-5-12(9-14(17)18)19(23)21-16-10-13-6-7-15(16)20-13/h5,8-9,11,13,15-16,20H,3-4,6-7,10H2,1-2H3,(H,21,23)/t13-,15+,16-/m1/s1. The molecule has 0 saturated carbocycles. The summed E-state index contributed by atoms with van der Waals surface area (Å²) in [6.45, 7) is 6.31. The zero-order valence-corrected chi connectivity index (χ0v) is 15.2. The van der Waals surface area contributed by atoms with Crippen molar-refractivity contribution in [2.45, 2.75) is 51.2 Å². The third-order valence-corrected chi connectivity index (χ3v) is 6.49. The van der Waals surface area contributed by atoms with Gasteiger partial charge in [0, 0.05) is 52.2 Å². The summed E-state index contributed by atoms with van der Waals surface area (Å²) in [5, 5.41) is 10.2. The summed E-state index contributed by atoms with van der Waals surface area (Å²) in [5.74, 6) is 0.0629. The molecular formula is C19H25N3OS. The van der Waals surface area contributed by atoms with Crippen LogP contribution in [0.25, 0.3) is 10.1 Å². The van der Waals surface area contributed by atoms with E-state index in [1.54, 1.807) is 11.3 Å². The molecule has 24 heavy (non-hydrogen) atoms. The van der Waals surface area contributed by atoms with Crippen molar-refractivity contribution in [2.24, 2.45) is 0 Å². The van der Waals surface area contributed by atoms with Crippen LogP contribution in [0.5, 0.6) is 0 Å². The van der Waals surface area contributed by atoms with Gasteiger partial charge in [-0.25, -0.2) is 0 Å². The van der Waals surface area contributed by atoms with E-state index in [-0.39, 0.29) is 11.9 Å². The number of hydrogen-bond donors (Lipinski definition) is 2. The molecule has 0 radical (unpaired) electrons.